The van der Waals surface area contributed by atoms with Gasteiger partial charge in [-0.3, -0.25) is 0 Å². The lowest BCUT2D eigenvalue weighted by Crippen LogP contribution is -2.11. The summed E-state index contributed by atoms with van der Waals surface area (Å²) in [7, 11) is 6.50. The van der Waals surface area contributed by atoms with Crippen molar-refractivity contribution in [3.8, 4) is 23.0 Å². The van der Waals surface area contributed by atoms with Crippen molar-refractivity contribution in [3.05, 3.63) is 88.2 Å². The van der Waals surface area contributed by atoms with Crippen molar-refractivity contribution in [1.29, 1.82) is 0 Å². The molecule has 6 rings (SSSR count). The van der Waals surface area contributed by atoms with Gasteiger partial charge in [0.05, 0.1) is 28.4 Å². The molecule has 2 aliphatic rings. The van der Waals surface area contributed by atoms with E-state index in [1.54, 1.807) is 53.6 Å². The van der Waals surface area contributed by atoms with E-state index >= 15 is 0 Å². The quantitative estimate of drug-likeness (QED) is 0.183. The van der Waals surface area contributed by atoms with E-state index in [-0.39, 0.29) is 5.70 Å². The maximum absolute atomic E-state index is 11.4. The molecule has 1 atom stereocenters. The highest BCUT2D eigenvalue weighted by Gasteiger charge is 2.25. The third-order valence-electron chi connectivity index (χ3n) is 7.85. The molecule has 8 nitrogen and oxygen atoms in total. The first-order valence-electron chi connectivity index (χ1n) is 14.4. The number of hydrogen-bond acceptors (Lipinski definition) is 7. The van der Waals surface area contributed by atoms with Gasteiger partial charge in [0, 0.05) is 29.4 Å². The minimum absolute atomic E-state index is 0.278. The number of methoxy groups -OCH3 is 4. The van der Waals surface area contributed by atoms with Gasteiger partial charge in [-0.1, -0.05) is 23.8 Å². The van der Waals surface area contributed by atoms with Crippen LogP contribution in [0.25, 0.3) is 17.0 Å². The van der Waals surface area contributed by atoms with Crippen LogP contribution in [0.15, 0.2) is 65.3 Å². The minimum Gasteiger partial charge on any atom is -0.493 e. The molecule has 1 aliphatic carbocycles. The van der Waals surface area contributed by atoms with Crippen molar-refractivity contribution < 1.29 is 28.5 Å². The molecule has 1 unspecified atom stereocenters. The number of nitrogens with one attached hydrogen (secondary N) is 1. The fourth-order valence-electron chi connectivity index (χ4n) is 5.78. The summed E-state index contributed by atoms with van der Waals surface area (Å²) in [5.74, 6) is 3.27. The fraction of sp³-hybridized carbons (Fsp3) is 0.314. The molecule has 0 saturated heterocycles. The molecule has 8 heteroatoms. The highest BCUT2D eigenvalue weighted by molar-refractivity contribution is 6.06. The molecule has 224 valence electrons. The standard InChI is InChI=1S/C22H25NO2.C13H13NO4/c1-14-7-9-19-18(11-14)17-6-4-5-16(22(17)23-19)12-15-8-10-20(24-2)21(13-15)25-3;1-8-14-10(13(15)18-8)6-9-4-5-11(16-2)12(7-9)17-3/h7-11,13,16,23H,4-6,12H2,1-3H3;4-7H,1-3H3/b;10-6-. The van der Waals surface area contributed by atoms with E-state index in [1.807, 2.05) is 12.1 Å². The van der Waals surface area contributed by atoms with Crippen LogP contribution in [0.3, 0.4) is 0 Å². The number of H-pyrrole nitrogens is 1. The Kier molecular flexibility index (Phi) is 9.04. The largest absolute Gasteiger partial charge is 0.493 e. The zero-order valence-electron chi connectivity index (χ0n) is 25.6. The van der Waals surface area contributed by atoms with Crippen LogP contribution in [0.5, 0.6) is 23.0 Å². The second-order valence-corrected chi connectivity index (χ2v) is 10.7. The maximum Gasteiger partial charge on any atom is 0.363 e. The van der Waals surface area contributed by atoms with Gasteiger partial charge in [-0.05, 0) is 91.8 Å². The van der Waals surface area contributed by atoms with Crippen molar-refractivity contribution in [1.82, 2.24) is 4.98 Å². The number of aromatic nitrogens is 1. The maximum atomic E-state index is 11.4. The molecule has 1 N–H and O–H groups in total. The van der Waals surface area contributed by atoms with Crippen LogP contribution in [0.1, 0.15) is 53.6 Å². The molecule has 1 aromatic heterocycles. The van der Waals surface area contributed by atoms with E-state index in [1.165, 1.54) is 52.5 Å². The van der Waals surface area contributed by atoms with Crippen LogP contribution in [-0.2, 0) is 22.4 Å². The number of carbonyl (C=O) groups excluding carboxylic acids is 1. The summed E-state index contributed by atoms with van der Waals surface area (Å²) in [5.41, 5.74) is 7.92. The number of ether oxygens (including phenoxy) is 5. The molecule has 0 spiro atoms. The van der Waals surface area contributed by atoms with Crippen LogP contribution >= 0.6 is 0 Å². The molecule has 0 saturated carbocycles. The average Bonchev–Trinajstić information content (AvgIpc) is 3.55. The molecule has 43 heavy (non-hydrogen) atoms. The lowest BCUT2D eigenvalue weighted by atomic mass is 9.83. The molecule has 0 amide bonds. The number of carbonyl (C=O) groups is 1. The third kappa shape index (κ3) is 6.53. The molecule has 3 aromatic carbocycles. The van der Waals surface area contributed by atoms with E-state index in [2.05, 4.69) is 47.2 Å². The van der Waals surface area contributed by atoms with E-state index in [9.17, 15) is 4.79 Å². The number of aromatic amines is 1. The predicted molar refractivity (Wildman–Crippen MR) is 169 cm³/mol. The first-order valence-corrected chi connectivity index (χ1v) is 14.4. The zero-order chi connectivity index (χ0) is 30.5. The molecule has 0 bridgehead atoms. The van der Waals surface area contributed by atoms with Gasteiger partial charge >= 0.3 is 5.97 Å². The molecular formula is C35H38N2O6. The molecule has 2 heterocycles. The van der Waals surface area contributed by atoms with Gasteiger partial charge in [0.25, 0.3) is 0 Å². The summed E-state index contributed by atoms with van der Waals surface area (Å²) in [6.07, 6.45) is 6.33. The van der Waals surface area contributed by atoms with Crippen LogP contribution < -0.4 is 18.9 Å². The Balaban J connectivity index is 0.000000181. The van der Waals surface area contributed by atoms with Gasteiger partial charge in [-0.25, -0.2) is 9.79 Å². The normalized spacial score (nSPS) is 16.6. The predicted octanol–water partition coefficient (Wildman–Crippen LogP) is 7.18. The number of cyclic esters (lactones) is 1. The first-order chi connectivity index (χ1) is 20.8. The van der Waals surface area contributed by atoms with Crippen LogP contribution in [-0.4, -0.2) is 45.3 Å². The van der Waals surface area contributed by atoms with Gasteiger partial charge in [0.2, 0.25) is 0 Å². The number of rotatable bonds is 7. The second kappa shape index (κ2) is 13.1. The van der Waals surface area contributed by atoms with Gasteiger partial charge in [-0.15, -0.1) is 0 Å². The van der Waals surface area contributed by atoms with Gasteiger partial charge in [0.15, 0.2) is 34.6 Å². The van der Waals surface area contributed by atoms with Crippen LogP contribution in [0, 0.1) is 6.92 Å². The summed E-state index contributed by atoms with van der Waals surface area (Å²) in [5, 5.41) is 1.41. The van der Waals surface area contributed by atoms with E-state index < -0.39 is 5.97 Å². The van der Waals surface area contributed by atoms with Crippen molar-refractivity contribution >= 4 is 28.8 Å². The number of aliphatic imine (C=N–C) groups is 1. The van der Waals surface area contributed by atoms with Crippen molar-refractivity contribution in [2.75, 3.05) is 28.4 Å². The lowest BCUT2D eigenvalue weighted by Gasteiger charge is -2.23. The van der Waals surface area contributed by atoms with Crippen LogP contribution in [0.4, 0.5) is 0 Å². The van der Waals surface area contributed by atoms with Crippen molar-refractivity contribution in [3.63, 3.8) is 0 Å². The third-order valence-corrected chi connectivity index (χ3v) is 7.85. The van der Waals surface area contributed by atoms with E-state index in [4.69, 9.17) is 23.7 Å². The summed E-state index contributed by atoms with van der Waals surface area (Å²) < 4.78 is 26.0. The first kappa shape index (κ1) is 29.8. The number of nitrogens with zero attached hydrogens (tertiary/aromatic N) is 1. The Labute approximate surface area is 252 Å². The Hall–Kier alpha value is -4.72. The van der Waals surface area contributed by atoms with Gasteiger partial charge in [-0.2, -0.15) is 0 Å². The summed E-state index contributed by atoms with van der Waals surface area (Å²) in [4.78, 5) is 19.1. The van der Waals surface area contributed by atoms with Crippen molar-refractivity contribution in [2.45, 2.75) is 45.4 Å². The van der Waals surface area contributed by atoms with Crippen LogP contribution in [0.2, 0.25) is 0 Å². The number of hydrogen-bond donors (Lipinski definition) is 1. The Bertz CT molecular complexity index is 1700. The Morgan fingerprint density at radius 3 is 2.26 bits per heavy atom. The van der Waals surface area contributed by atoms with E-state index in [0.29, 0.717) is 23.3 Å². The highest BCUT2D eigenvalue weighted by atomic mass is 16.6. The smallest absolute Gasteiger partial charge is 0.363 e. The zero-order valence-corrected chi connectivity index (χ0v) is 25.6. The fourth-order valence-corrected chi connectivity index (χ4v) is 5.78. The second-order valence-electron chi connectivity index (χ2n) is 10.7. The molecular weight excluding hydrogens is 544 g/mol. The number of benzene rings is 3. The van der Waals surface area contributed by atoms with Crippen molar-refractivity contribution in [2.24, 2.45) is 4.99 Å². The summed E-state index contributed by atoms with van der Waals surface area (Å²) in [6.45, 7) is 3.80. The van der Waals surface area contributed by atoms with Gasteiger partial charge < -0.3 is 28.7 Å². The minimum atomic E-state index is -0.442. The Morgan fingerprint density at radius 1 is 0.884 bits per heavy atom. The van der Waals surface area contributed by atoms with E-state index in [0.717, 1.165) is 23.5 Å². The SMILES string of the molecule is COc1ccc(/C=C2\N=C(C)OC2=O)cc1OC.COc1ccc(CC2CCCc3c2[nH]c2ccc(C)cc32)cc1OC. The molecule has 4 aromatic rings. The number of fused-ring (bicyclic) bond motifs is 3. The molecule has 1 aliphatic heterocycles. The topological polar surface area (TPSA) is 91.4 Å². The summed E-state index contributed by atoms with van der Waals surface area (Å²) >= 11 is 0. The van der Waals surface area contributed by atoms with Gasteiger partial charge in [0.1, 0.15) is 0 Å². The average molecular weight is 583 g/mol. The lowest BCUT2D eigenvalue weighted by molar-refractivity contribution is -0.130. The monoisotopic (exact) mass is 582 g/mol. The molecule has 0 radical (unpaired) electrons. The number of esters is 1. The Morgan fingerprint density at radius 2 is 1.58 bits per heavy atom. The molecule has 0 fully saturated rings. The highest BCUT2D eigenvalue weighted by Crippen LogP contribution is 2.39. The number of aryl methyl sites for hydroxylation is 2. The summed E-state index contributed by atoms with van der Waals surface area (Å²) in [6, 6.07) is 18.3.